The molecule has 59 valence electrons. The molecule has 1 heterocycles. The lowest BCUT2D eigenvalue weighted by Gasteiger charge is -2.18. The molecule has 12 heavy (non-hydrogen) atoms. The topological polar surface area (TPSA) is 35.2 Å². The van der Waals surface area contributed by atoms with E-state index in [9.17, 15) is 0 Å². The van der Waals surface area contributed by atoms with Gasteiger partial charge in [0.15, 0.2) is 0 Å². The van der Waals surface area contributed by atoms with Crippen molar-refractivity contribution in [2.24, 2.45) is 5.73 Å². The van der Waals surface area contributed by atoms with E-state index in [0.29, 0.717) is 5.38 Å². The number of fused-ring (bicyclic) bond motifs is 1. The predicted molar refractivity (Wildman–Crippen MR) is 47.7 cm³/mol. The van der Waals surface area contributed by atoms with Gasteiger partial charge in [0.1, 0.15) is 16.0 Å². The van der Waals surface area contributed by atoms with Crippen molar-refractivity contribution in [1.29, 1.82) is 0 Å². The molecule has 0 atom stereocenters. The predicted octanol–water partition coefficient (Wildman–Crippen LogP) is 0.918. The van der Waals surface area contributed by atoms with E-state index in [1.165, 1.54) is 0 Å². The van der Waals surface area contributed by atoms with E-state index in [1.54, 1.807) is 0 Å². The molecule has 0 aliphatic carbocycles. The fraction of sp³-hybridized carbons (Fsp3) is 0.111. The van der Waals surface area contributed by atoms with Crippen molar-refractivity contribution in [3.8, 4) is 5.75 Å². The number of ether oxygens (including phenoxy) is 1. The first-order chi connectivity index (χ1) is 5.77. The van der Waals surface area contributed by atoms with Crippen molar-refractivity contribution in [3.05, 3.63) is 40.9 Å². The lowest BCUT2D eigenvalue weighted by molar-refractivity contribution is 0.436. The Labute approximate surface area is 74.5 Å². The van der Waals surface area contributed by atoms with E-state index in [-0.39, 0.29) is 0 Å². The molecule has 2 N–H and O–H groups in total. The molecule has 0 saturated carbocycles. The van der Waals surface area contributed by atoms with Gasteiger partial charge in [-0.3, -0.25) is 0 Å². The van der Waals surface area contributed by atoms with Crippen LogP contribution in [-0.2, 0) is 6.42 Å². The minimum absolute atomic E-state index is 0.633. The van der Waals surface area contributed by atoms with Crippen LogP contribution in [0.1, 0.15) is 5.56 Å². The first-order valence-corrected chi connectivity index (χ1v) is 4.23. The van der Waals surface area contributed by atoms with E-state index < -0.39 is 0 Å². The zero-order valence-corrected chi connectivity index (χ0v) is 7.50. The van der Waals surface area contributed by atoms with Crippen LogP contribution < -0.4 is 10.5 Å². The normalized spacial score (nSPS) is 15.4. The molecule has 0 aromatic heterocycles. The van der Waals surface area contributed by atoms with Crippen LogP contribution >= 0.6 is 0 Å². The number of para-hydroxylation sites is 1. The van der Waals surface area contributed by atoms with Crippen molar-refractivity contribution in [2.45, 2.75) is 6.42 Å². The van der Waals surface area contributed by atoms with Gasteiger partial charge in [0.05, 0.1) is 5.38 Å². The number of nitrogens with two attached hydrogens (primary N) is 1. The number of benzene rings is 1. The van der Waals surface area contributed by atoms with Gasteiger partial charge in [-0.05, 0) is 6.07 Å². The summed E-state index contributed by atoms with van der Waals surface area (Å²) in [7, 11) is 3.31. The van der Waals surface area contributed by atoms with Crippen LogP contribution in [0.25, 0.3) is 0 Å². The maximum absolute atomic E-state index is 5.70. The van der Waals surface area contributed by atoms with Crippen molar-refractivity contribution in [3.63, 3.8) is 0 Å². The third-order valence-corrected chi connectivity index (χ3v) is 2.28. The Morgan fingerprint density at radius 1 is 1.33 bits per heavy atom. The minimum Gasteiger partial charge on any atom is -0.466 e. The van der Waals surface area contributed by atoms with E-state index in [2.05, 4.69) is 10.2 Å². The van der Waals surface area contributed by atoms with E-state index in [4.69, 9.17) is 10.5 Å². The standard InChI is InChI=1S/C9H8NOSi/c10-7-5-6-3-1-2-4-8(6)11-9(7)12/h1-4H,5,10H2. The molecule has 0 amide bonds. The van der Waals surface area contributed by atoms with Crippen LogP contribution in [0.4, 0.5) is 0 Å². The lowest BCUT2D eigenvalue weighted by Crippen LogP contribution is -2.15. The molecule has 2 rings (SSSR count). The number of allylic oxidation sites excluding steroid dienone is 1. The van der Waals surface area contributed by atoms with E-state index in [1.807, 2.05) is 24.3 Å². The molecule has 1 aromatic rings. The Morgan fingerprint density at radius 3 is 2.92 bits per heavy atom. The summed E-state index contributed by atoms with van der Waals surface area (Å²) in [6.07, 6.45) is 0.759. The number of hydrogen-bond donors (Lipinski definition) is 1. The molecule has 0 bridgehead atoms. The average Bonchev–Trinajstić information content (AvgIpc) is 2.07. The molecule has 3 heteroatoms. The highest BCUT2D eigenvalue weighted by Gasteiger charge is 2.13. The highest BCUT2D eigenvalue weighted by atomic mass is 28.1. The van der Waals surface area contributed by atoms with Gasteiger partial charge in [0.25, 0.3) is 0 Å². The Kier molecular flexibility index (Phi) is 1.66. The second kappa shape index (κ2) is 2.68. The Hall–Kier alpha value is -1.22. The van der Waals surface area contributed by atoms with Gasteiger partial charge in [-0.15, -0.1) is 0 Å². The Morgan fingerprint density at radius 2 is 2.08 bits per heavy atom. The van der Waals surface area contributed by atoms with Gasteiger partial charge < -0.3 is 10.5 Å². The van der Waals surface area contributed by atoms with E-state index in [0.717, 1.165) is 23.4 Å². The SMILES string of the molecule is NC1=C([Si])Oc2ccccc2C1. The van der Waals surface area contributed by atoms with Crippen LogP contribution in [0.5, 0.6) is 5.75 Å². The second-order valence-electron chi connectivity index (χ2n) is 2.74. The molecular weight excluding hydrogens is 166 g/mol. The quantitative estimate of drug-likeness (QED) is 0.593. The van der Waals surface area contributed by atoms with Crippen LogP contribution in [-0.4, -0.2) is 10.2 Å². The fourth-order valence-electron chi connectivity index (χ4n) is 1.21. The van der Waals surface area contributed by atoms with Crippen LogP contribution in [0.15, 0.2) is 35.3 Å². The summed E-state index contributed by atoms with van der Waals surface area (Å²) in [5.41, 5.74) is 7.58. The molecule has 1 aromatic carbocycles. The molecule has 2 nitrogen and oxygen atoms in total. The highest BCUT2D eigenvalue weighted by molar-refractivity contribution is 6.20. The van der Waals surface area contributed by atoms with Crippen LogP contribution in [0, 0.1) is 0 Å². The van der Waals surface area contributed by atoms with Gasteiger partial charge in [-0.2, -0.15) is 0 Å². The molecule has 0 saturated heterocycles. The average molecular weight is 174 g/mol. The monoisotopic (exact) mass is 174 g/mol. The second-order valence-corrected chi connectivity index (χ2v) is 3.20. The molecule has 0 spiro atoms. The van der Waals surface area contributed by atoms with Crippen LogP contribution in [0.2, 0.25) is 0 Å². The fourth-order valence-corrected chi connectivity index (χ4v) is 1.41. The summed E-state index contributed by atoms with van der Waals surface area (Å²) in [6, 6.07) is 7.87. The Balaban J connectivity index is 2.43. The van der Waals surface area contributed by atoms with Gasteiger partial charge in [-0.25, -0.2) is 0 Å². The van der Waals surface area contributed by atoms with Crippen molar-refractivity contribution in [1.82, 2.24) is 0 Å². The maximum atomic E-state index is 5.70. The van der Waals surface area contributed by atoms with Crippen molar-refractivity contribution in [2.75, 3.05) is 0 Å². The van der Waals surface area contributed by atoms with Gasteiger partial charge in [0.2, 0.25) is 0 Å². The summed E-state index contributed by atoms with van der Waals surface area (Å²) in [5.74, 6) is 0.886. The highest BCUT2D eigenvalue weighted by Crippen LogP contribution is 2.26. The molecule has 1 aliphatic heterocycles. The van der Waals surface area contributed by atoms with E-state index >= 15 is 0 Å². The largest absolute Gasteiger partial charge is 0.466 e. The zero-order valence-electron chi connectivity index (χ0n) is 6.50. The van der Waals surface area contributed by atoms with Gasteiger partial charge >= 0.3 is 0 Å². The van der Waals surface area contributed by atoms with Gasteiger partial charge in [-0.1, -0.05) is 18.2 Å². The lowest BCUT2D eigenvalue weighted by atomic mass is 10.1. The summed E-state index contributed by atoms with van der Waals surface area (Å²) in [6.45, 7) is 0. The minimum atomic E-state index is 0.633. The number of hydrogen-bond acceptors (Lipinski definition) is 2. The van der Waals surface area contributed by atoms with Crippen LogP contribution in [0.3, 0.4) is 0 Å². The molecule has 0 fully saturated rings. The Bertz CT molecular complexity index is 313. The molecule has 0 unspecified atom stereocenters. The zero-order chi connectivity index (χ0) is 8.55. The van der Waals surface area contributed by atoms with Gasteiger partial charge in [0, 0.05) is 17.7 Å². The smallest absolute Gasteiger partial charge is 0.129 e. The maximum Gasteiger partial charge on any atom is 0.129 e. The molecule has 1 aliphatic rings. The third-order valence-electron chi connectivity index (χ3n) is 1.86. The molecular formula is C9H8NOSi. The molecule has 3 radical (unpaired) electrons. The summed E-state index contributed by atoms with van der Waals surface area (Å²) >= 11 is 0. The summed E-state index contributed by atoms with van der Waals surface area (Å²) in [5, 5.41) is 0.633. The summed E-state index contributed by atoms with van der Waals surface area (Å²) < 4.78 is 5.41. The van der Waals surface area contributed by atoms with Crippen molar-refractivity contribution < 1.29 is 4.74 Å². The summed E-state index contributed by atoms with van der Waals surface area (Å²) in [4.78, 5) is 0. The third kappa shape index (κ3) is 1.12. The first-order valence-electron chi connectivity index (χ1n) is 3.73. The number of rotatable bonds is 0. The van der Waals surface area contributed by atoms with Crippen molar-refractivity contribution >= 4 is 10.2 Å². The first kappa shape index (κ1) is 7.43.